The third-order valence-electron chi connectivity index (χ3n) is 16.2. The molecule has 5 aliphatic rings. The monoisotopic (exact) mass is 1340 g/mol. The number of aliphatic hydroxyl groups excluding tert-OH is 4. The van der Waals surface area contributed by atoms with Gasteiger partial charge in [0.15, 0.2) is 5.96 Å². The summed E-state index contributed by atoms with van der Waals surface area (Å²) in [5.74, 6) is -15.4. The summed E-state index contributed by atoms with van der Waals surface area (Å²) in [7, 11) is 0. The number of β-amino-alcohol motifs (C(OH)–C–C–N with tert-alkyl or cyclic N) is 2. The number of nitrogens with zero attached hydrogens (tertiary/aromatic N) is 6. The fourth-order valence-electron chi connectivity index (χ4n) is 11.4. The van der Waals surface area contributed by atoms with Gasteiger partial charge in [0.2, 0.25) is 82.7 Å². The van der Waals surface area contributed by atoms with Crippen molar-refractivity contribution in [2.75, 3.05) is 85.2 Å². The molecule has 5 rings (SSSR count). The number of amides is 14. The zero-order valence-corrected chi connectivity index (χ0v) is 51.5. The summed E-state index contributed by atoms with van der Waals surface area (Å²) in [5.41, 5.74) is 15.8. The normalized spacial score (nSPS) is 22.3. The molecular weight excluding hydrogens is 1250 g/mol. The number of aliphatic hydroxyl groups is 4. The van der Waals surface area contributed by atoms with Crippen LogP contribution in [0.15, 0.2) is 4.99 Å². The highest BCUT2D eigenvalue weighted by atomic mass is 16.4. The number of aliphatic imine (C=N–C) groups is 1. The first kappa shape index (κ1) is 75.3. The van der Waals surface area contributed by atoms with Gasteiger partial charge in [0.25, 0.3) is 0 Å². The van der Waals surface area contributed by atoms with E-state index in [0.29, 0.717) is 19.3 Å². The van der Waals surface area contributed by atoms with Crippen LogP contribution in [0.2, 0.25) is 0 Å². The van der Waals surface area contributed by atoms with Gasteiger partial charge in [-0.25, -0.2) is 4.79 Å². The molecule has 5 saturated heterocycles. The first-order chi connectivity index (χ1) is 44.5. The molecule has 0 unspecified atom stereocenters. The Bertz CT molecular complexity index is 2900. The van der Waals surface area contributed by atoms with Crippen molar-refractivity contribution in [2.45, 2.75) is 150 Å². The molecule has 0 radical (unpaired) electrons. The molecule has 5 heterocycles. The van der Waals surface area contributed by atoms with Gasteiger partial charge in [0.05, 0.1) is 64.6 Å². The van der Waals surface area contributed by atoms with Crippen LogP contribution in [0.25, 0.3) is 0 Å². The van der Waals surface area contributed by atoms with Crippen LogP contribution in [0.5, 0.6) is 0 Å². The number of carbonyl (C=O) groups excluding carboxylic acids is 14. The van der Waals surface area contributed by atoms with Crippen LogP contribution >= 0.6 is 0 Å². The molecule has 94 heavy (non-hydrogen) atoms. The maximum Gasteiger partial charge on any atom is 0.326 e. The highest BCUT2D eigenvalue weighted by Gasteiger charge is 2.47. The Hall–Kier alpha value is -9.41. The van der Waals surface area contributed by atoms with Gasteiger partial charge < -0.3 is 120 Å². The topological polar surface area (TPSA) is 609 Å². The van der Waals surface area contributed by atoms with Crippen molar-refractivity contribution < 1.29 is 107 Å². The van der Waals surface area contributed by atoms with Crippen molar-refractivity contribution in [3.63, 3.8) is 0 Å². The Labute approximate surface area is 536 Å². The Morgan fingerprint density at radius 3 is 1.50 bits per heavy atom. The van der Waals surface area contributed by atoms with Crippen LogP contribution in [0.3, 0.4) is 0 Å². The molecule has 14 amide bonds. The van der Waals surface area contributed by atoms with E-state index in [2.05, 4.69) is 52.8 Å². The molecule has 0 aromatic carbocycles. The Balaban J connectivity index is 1.06. The lowest BCUT2D eigenvalue weighted by Gasteiger charge is -2.31. The van der Waals surface area contributed by atoms with Crippen molar-refractivity contribution in [3.05, 3.63) is 0 Å². The minimum atomic E-state index is -1.77. The molecule has 21 N–H and O–H groups in total. The van der Waals surface area contributed by atoms with Gasteiger partial charge in [-0.05, 0) is 58.3 Å². The van der Waals surface area contributed by atoms with E-state index in [1.54, 1.807) is 0 Å². The number of carboxylic acids is 2. The number of likely N-dealkylation sites (tertiary alicyclic amines) is 5. The molecule has 522 valence electrons. The molecule has 5 aliphatic heterocycles. The summed E-state index contributed by atoms with van der Waals surface area (Å²) in [4.78, 5) is 218. The van der Waals surface area contributed by atoms with Crippen LogP contribution in [-0.4, -0.2) is 314 Å². The Morgan fingerprint density at radius 1 is 0.511 bits per heavy atom. The molecule has 0 spiro atoms. The first-order valence-corrected chi connectivity index (χ1v) is 30.4. The van der Waals surface area contributed by atoms with E-state index in [1.807, 2.05) is 0 Å². The number of carboxylic acid groups (broad SMARTS) is 2. The Morgan fingerprint density at radius 2 is 0.989 bits per heavy atom. The molecule has 40 heteroatoms. The minimum absolute atomic E-state index is 0.0269. The van der Waals surface area contributed by atoms with Crippen LogP contribution < -0.4 is 65.1 Å². The third kappa shape index (κ3) is 21.1. The highest BCUT2D eigenvalue weighted by Crippen LogP contribution is 2.27. The molecule has 0 aromatic rings. The summed E-state index contributed by atoms with van der Waals surface area (Å²) in [6.45, 7) is -4.41. The second kappa shape index (κ2) is 35.6. The van der Waals surface area contributed by atoms with Crippen molar-refractivity contribution in [3.8, 4) is 0 Å². The highest BCUT2D eigenvalue weighted by molar-refractivity contribution is 6.00. The lowest BCUT2D eigenvalue weighted by atomic mass is 10.1. The van der Waals surface area contributed by atoms with Crippen LogP contribution in [0, 0.1) is 0 Å². The van der Waals surface area contributed by atoms with E-state index in [0.717, 1.165) is 19.6 Å². The maximum absolute atomic E-state index is 14.1. The average Bonchev–Trinajstić information content (AvgIpc) is 1.65. The number of nitrogens with one attached hydrogen (secondary N) is 9. The summed E-state index contributed by atoms with van der Waals surface area (Å²) in [5, 5.41) is 80.3. The zero-order chi connectivity index (χ0) is 69.7. The van der Waals surface area contributed by atoms with Gasteiger partial charge in [0, 0.05) is 52.1 Å². The van der Waals surface area contributed by atoms with E-state index < -0.39 is 220 Å². The number of aliphatic carboxylic acids is 2. The predicted molar refractivity (Wildman–Crippen MR) is 317 cm³/mol. The smallest absolute Gasteiger partial charge is 0.326 e. The second-order valence-corrected chi connectivity index (χ2v) is 22.9. The molecule has 0 aromatic heterocycles. The Kier molecular flexibility index (Phi) is 28.5. The number of hydrogen-bond acceptors (Lipinski definition) is 22. The van der Waals surface area contributed by atoms with Crippen molar-refractivity contribution >= 4 is 101 Å². The maximum atomic E-state index is 14.1. The fourth-order valence-corrected chi connectivity index (χ4v) is 11.4. The number of nitrogens with two attached hydrogens (primary N) is 3. The van der Waals surface area contributed by atoms with Gasteiger partial charge in [-0.15, -0.1) is 0 Å². The second-order valence-electron chi connectivity index (χ2n) is 22.9. The fraction of sp³-hybridized carbons (Fsp3) is 0.685. The van der Waals surface area contributed by atoms with Gasteiger partial charge in [-0.3, -0.25) is 76.9 Å². The van der Waals surface area contributed by atoms with Gasteiger partial charge >= 0.3 is 11.9 Å². The van der Waals surface area contributed by atoms with Crippen LogP contribution in [0.4, 0.5) is 0 Å². The first-order valence-electron chi connectivity index (χ1n) is 30.4. The molecule has 0 saturated carbocycles. The number of guanidine groups is 1. The molecule has 12 atom stereocenters. The van der Waals surface area contributed by atoms with Gasteiger partial charge in [-0.1, -0.05) is 0 Å². The number of rotatable bonds is 32. The summed E-state index contributed by atoms with van der Waals surface area (Å²) < 4.78 is 0. The van der Waals surface area contributed by atoms with Crippen molar-refractivity contribution in [2.24, 2.45) is 22.2 Å². The SMILES string of the molecule is C[C@H](NC(=O)[C@@H]1CCCN1C(=O)CNC(=O)[C@H](CO)NC(=O)[C@@H]1CCCN1C(=O)CNC(=O)[C@@H]1C[C@@H](O)CN1C(=O)[C@@H]1CCCN1C(=O)CNC(=O)[C@@H]1C[C@@H](O)CN1C(=O)[C@H](CO)NC(=O)CN)C(=O)NCC(=O)N[C@@H](CC(=O)O)C(=O)N[C@@H](CCCN=C(N)N)C(=O)O. The lowest BCUT2D eigenvalue weighted by molar-refractivity contribution is -0.147. The minimum Gasteiger partial charge on any atom is -0.481 e. The van der Waals surface area contributed by atoms with E-state index in [1.165, 1.54) is 11.8 Å². The van der Waals surface area contributed by atoms with Crippen molar-refractivity contribution in [1.29, 1.82) is 0 Å². The number of carbonyl (C=O) groups is 16. The molecule has 5 fully saturated rings. The molecule has 40 nitrogen and oxygen atoms in total. The van der Waals surface area contributed by atoms with E-state index in [9.17, 15) is 107 Å². The van der Waals surface area contributed by atoms with Crippen LogP contribution in [-0.2, 0) is 76.7 Å². The van der Waals surface area contributed by atoms with Gasteiger partial charge in [0.1, 0.15) is 60.4 Å². The molecule has 0 aliphatic carbocycles. The lowest BCUT2D eigenvalue weighted by Crippen LogP contribution is -2.57. The zero-order valence-electron chi connectivity index (χ0n) is 51.5. The molecule has 0 bridgehead atoms. The van der Waals surface area contributed by atoms with Crippen molar-refractivity contribution in [1.82, 2.24) is 72.4 Å². The largest absolute Gasteiger partial charge is 0.481 e. The quantitative estimate of drug-likeness (QED) is 0.0169. The summed E-state index contributed by atoms with van der Waals surface area (Å²) in [6.07, 6.45) is -2.49. The summed E-state index contributed by atoms with van der Waals surface area (Å²) in [6, 6.07) is -13.8. The van der Waals surface area contributed by atoms with E-state index in [4.69, 9.17) is 17.2 Å². The average molecular weight is 1340 g/mol. The van der Waals surface area contributed by atoms with E-state index >= 15 is 0 Å². The third-order valence-corrected chi connectivity index (χ3v) is 16.2. The van der Waals surface area contributed by atoms with E-state index in [-0.39, 0.29) is 90.2 Å². The summed E-state index contributed by atoms with van der Waals surface area (Å²) >= 11 is 0. The number of hydrogen-bond donors (Lipinski definition) is 18. The predicted octanol–water partition coefficient (Wildman–Crippen LogP) is -12.7. The van der Waals surface area contributed by atoms with Gasteiger partial charge in [-0.2, -0.15) is 0 Å². The van der Waals surface area contributed by atoms with Crippen LogP contribution in [0.1, 0.15) is 77.6 Å². The molecular formula is C54H84N18O22. The standard InChI is InChI=1S/C54H84N18O22/c1-26(44(84)59-18-39(78)64-30(16-43(82)83)46(86)66-29(53(93)94)6-2-10-58-54(56)57)63-49(89)33-7-3-11-68(33)40(79)19-60-45(85)31(24-73)67-50(90)34-8-4-12-69(34)41(80)20-61-48(88)37-15-28(76)23-72(37)52(92)35-9-5-13-70(35)42(81)21-62-47(87)36-14-27(75)22-71(36)51(91)32(25-74)65-38(77)17-55/h26-37,73-76H,2-25,55H2,1H3,(H,59,84)(H,60,85)(H,61,88)(H,62,87)(H,63,89)(H,64,78)(H,65,77)(H,66,86)(H,67,90)(H,82,83)(H,93,94)(H4,56,57,58)/t26-,27+,28+,29-,30-,31-,32-,33-,34-,35-,36-,37-/m0/s1.